The molecule has 198 valence electrons. The lowest BCUT2D eigenvalue weighted by molar-refractivity contribution is -0.168. The van der Waals surface area contributed by atoms with E-state index in [1.54, 1.807) is 68.4 Å². The summed E-state index contributed by atoms with van der Waals surface area (Å²) in [5.74, 6) is -0.455. The van der Waals surface area contributed by atoms with Crippen molar-refractivity contribution in [1.29, 1.82) is 5.26 Å². The van der Waals surface area contributed by atoms with Gasteiger partial charge in [0, 0.05) is 28.3 Å². The number of rotatable bonds is 8. The lowest BCUT2D eigenvalue weighted by Gasteiger charge is -2.51. The number of nitrogens with zero attached hydrogens (tertiary/aromatic N) is 3. The Morgan fingerprint density at radius 2 is 1.73 bits per heavy atom. The molecule has 0 spiro atoms. The number of pyridine rings is 1. The number of amides is 1. The molecule has 2 aliphatic rings. The minimum absolute atomic E-state index is 0.0683. The average molecular weight is 557 g/mol. The van der Waals surface area contributed by atoms with Crippen LogP contribution in [0.4, 0.5) is 0 Å². The highest BCUT2D eigenvalue weighted by atomic mass is 35.5. The van der Waals surface area contributed by atoms with Crippen LogP contribution in [0.5, 0.6) is 0 Å². The predicted molar refractivity (Wildman–Crippen MR) is 156 cm³/mol. The van der Waals surface area contributed by atoms with E-state index in [0.29, 0.717) is 33.0 Å². The van der Waals surface area contributed by atoms with Crippen molar-refractivity contribution in [3.05, 3.63) is 99.3 Å². The Labute approximate surface area is 249 Å². The van der Waals surface area contributed by atoms with Crippen molar-refractivity contribution in [1.82, 2.24) is 9.88 Å². The van der Waals surface area contributed by atoms with Crippen LogP contribution in [-0.2, 0) is 22.6 Å². The first-order chi connectivity index (χ1) is 19.1. The SMILES string of the molecule is [B]C([B])(O)C1(C([B])([B])O[C@]2(c3ccc(C#N)cc3)c3ccc(C(C)(C)O)cc3C(=O)N2Cc2ccc(Cl)cn2)CC1. The molecule has 2 aromatic carbocycles. The molecular weight excluding hydrogens is 533 g/mol. The van der Waals surface area contributed by atoms with Crippen LogP contribution in [0.25, 0.3) is 0 Å². The van der Waals surface area contributed by atoms with Crippen LogP contribution in [-0.4, -0.2) is 68.2 Å². The van der Waals surface area contributed by atoms with Gasteiger partial charge in [0.2, 0.25) is 0 Å². The molecule has 41 heavy (non-hydrogen) atoms. The van der Waals surface area contributed by atoms with Gasteiger partial charge in [0.1, 0.15) is 15.7 Å². The number of carbonyl (C=O) groups excluding carboxylic acids is 1. The van der Waals surface area contributed by atoms with Crippen molar-refractivity contribution in [2.45, 2.75) is 55.4 Å². The van der Waals surface area contributed by atoms with Gasteiger partial charge in [-0.1, -0.05) is 35.9 Å². The van der Waals surface area contributed by atoms with Crippen LogP contribution < -0.4 is 0 Å². The largest absolute Gasteiger partial charge is 0.409 e. The van der Waals surface area contributed by atoms with Gasteiger partial charge < -0.3 is 14.9 Å². The summed E-state index contributed by atoms with van der Waals surface area (Å²) < 4.78 is 6.67. The molecule has 1 amide bonds. The van der Waals surface area contributed by atoms with Crippen molar-refractivity contribution in [3.63, 3.8) is 0 Å². The van der Waals surface area contributed by atoms with E-state index in [1.165, 1.54) is 11.1 Å². The third kappa shape index (κ3) is 4.81. The fraction of sp³-hybridized carbons (Fsp3) is 0.345. The zero-order valence-corrected chi connectivity index (χ0v) is 23.4. The van der Waals surface area contributed by atoms with E-state index in [-0.39, 0.29) is 24.9 Å². The van der Waals surface area contributed by atoms with Crippen LogP contribution in [0.15, 0.2) is 60.8 Å². The first-order valence-corrected chi connectivity index (χ1v) is 13.3. The van der Waals surface area contributed by atoms with E-state index in [4.69, 9.17) is 47.7 Å². The number of nitriles is 1. The number of halogens is 1. The number of aromatic nitrogens is 1. The molecule has 12 heteroatoms. The van der Waals surface area contributed by atoms with E-state index >= 15 is 0 Å². The molecule has 1 fully saturated rings. The van der Waals surface area contributed by atoms with Gasteiger partial charge in [-0.3, -0.25) is 14.7 Å². The lowest BCUT2D eigenvalue weighted by atomic mass is 9.43. The molecule has 0 bridgehead atoms. The Hall–Kier alpha value is -3.02. The Morgan fingerprint density at radius 3 is 2.24 bits per heavy atom. The van der Waals surface area contributed by atoms with Gasteiger partial charge in [-0.15, -0.1) is 0 Å². The molecule has 3 aromatic rings. The molecule has 1 saturated carbocycles. The van der Waals surface area contributed by atoms with Crippen LogP contribution in [0.3, 0.4) is 0 Å². The number of benzene rings is 2. The van der Waals surface area contributed by atoms with Gasteiger partial charge in [-0.2, -0.15) is 5.26 Å². The standard InChI is InChI=1S/C29H24B4ClN3O4/c1-25(2,39)19-7-10-23-22(13-19)24(38)37(16-21-9-8-20(34)15-36-21)27(23,18-5-3-17(14-35)4-6-18)41-29(32,33)26(11-12-26)28(30,31)40/h3-10,13,15,39-40H,11-12,16H2,1-2H3/t27-/m1/s1. The molecule has 1 aliphatic carbocycles. The van der Waals surface area contributed by atoms with Gasteiger partial charge >= 0.3 is 0 Å². The zero-order chi connectivity index (χ0) is 30.0. The van der Waals surface area contributed by atoms with Crippen LogP contribution >= 0.6 is 11.6 Å². The maximum absolute atomic E-state index is 14.3. The molecule has 0 unspecified atom stereocenters. The normalized spacial score (nSPS) is 20.0. The summed E-state index contributed by atoms with van der Waals surface area (Å²) >= 11 is 6.06. The number of hydrogen-bond donors (Lipinski definition) is 2. The second-order valence-electron chi connectivity index (χ2n) is 11.3. The lowest BCUT2D eigenvalue weighted by Crippen LogP contribution is -2.62. The molecular formula is C29H24B4ClN3O4. The summed E-state index contributed by atoms with van der Waals surface area (Å²) in [4.78, 5) is 20.1. The van der Waals surface area contributed by atoms with Crippen molar-refractivity contribution in [3.8, 4) is 6.07 Å². The van der Waals surface area contributed by atoms with Gasteiger partial charge in [0.15, 0.2) is 5.72 Å². The average Bonchev–Trinajstić information content (AvgIpc) is 3.71. The molecule has 1 aromatic heterocycles. The number of carbonyl (C=O) groups is 1. The summed E-state index contributed by atoms with van der Waals surface area (Å²) in [5.41, 5.74) is -2.10. The number of ether oxygens (including phenoxy) is 1. The van der Waals surface area contributed by atoms with Gasteiger partial charge in [-0.25, -0.2) is 0 Å². The maximum atomic E-state index is 14.3. The monoisotopic (exact) mass is 557 g/mol. The van der Waals surface area contributed by atoms with E-state index in [2.05, 4.69) is 11.1 Å². The molecule has 0 saturated heterocycles. The number of fused-ring (bicyclic) bond motifs is 1. The topological polar surface area (TPSA) is 107 Å². The number of hydrogen-bond acceptors (Lipinski definition) is 6. The van der Waals surface area contributed by atoms with Crippen molar-refractivity contribution in [2.75, 3.05) is 0 Å². The van der Waals surface area contributed by atoms with Gasteiger partial charge in [0.25, 0.3) is 5.91 Å². The molecule has 2 N–H and O–H groups in total. The van der Waals surface area contributed by atoms with E-state index < -0.39 is 33.4 Å². The van der Waals surface area contributed by atoms with E-state index in [9.17, 15) is 20.3 Å². The Morgan fingerprint density at radius 1 is 1.07 bits per heavy atom. The van der Waals surface area contributed by atoms with E-state index in [0.717, 1.165) is 0 Å². The highest BCUT2D eigenvalue weighted by Gasteiger charge is 2.65. The smallest absolute Gasteiger partial charge is 0.257 e. The Balaban J connectivity index is 1.78. The number of aliphatic hydroxyl groups is 2. The quantitative estimate of drug-likeness (QED) is 0.413. The molecule has 1 aliphatic heterocycles. The first kappa shape index (κ1) is 29.5. The molecule has 2 heterocycles. The van der Waals surface area contributed by atoms with Gasteiger partial charge in [-0.05, 0) is 73.4 Å². The minimum Gasteiger partial charge on any atom is -0.409 e. The van der Waals surface area contributed by atoms with E-state index in [1.807, 2.05) is 0 Å². The zero-order valence-electron chi connectivity index (χ0n) is 22.6. The highest BCUT2D eigenvalue weighted by molar-refractivity contribution is 6.45. The molecule has 8 radical (unpaired) electrons. The summed E-state index contributed by atoms with van der Waals surface area (Å²) in [7, 11) is 25.2. The van der Waals surface area contributed by atoms with Crippen LogP contribution in [0, 0.1) is 16.7 Å². The van der Waals surface area contributed by atoms with Crippen molar-refractivity contribution >= 4 is 48.9 Å². The molecule has 1 atom stereocenters. The first-order valence-electron chi connectivity index (χ1n) is 12.9. The summed E-state index contributed by atoms with van der Waals surface area (Å²) in [6, 6.07) is 16.8. The Bertz CT molecular complexity index is 1540. The third-order valence-corrected chi connectivity index (χ3v) is 8.27. The van der Waals surface area contributed by atoms with Crippen LogP contribution in [0.1, 0.15) is 65.0 Å². The summed E-state index contributed by atoms with van der Waals surface area (Å²) in [5, 5.41) is 26.8. The molecule has 5 rings (SSSR count). The second kappa shape index (κ2) is 9.78. The third-order valence-electron chi connectivity index (χ3n) is 8.04. The minimum atomic E-state index is -2.29. The van der Waals surface area contributed by atoms with Crippen molar-refractivity contribution in [2.24, 2.45) is 5.41 Å². The fourth-order valence-electron chi connectivity index (χ4n) is 5.50. The van der Waals surface area contributed by atoms with Crippen LogP contribution in [0.2, 0.25) is 5.02 Å². The van der Waals surface area contributed by atoms with Crippen molar-refractivity contribution < 1.29 is 19.7 Å². The fourth-order valence-corrected chi connectivity index (χ4v) is 5.61. The summed E-state index contributed by atoms with van der Waals surface area (Å²) in [6.45, 7) is 3.15. The summed E-state index contributed by atoms with van der Waals surface area (Å²) in [6.07, 6.45) is 1.99. The highest BCUT2D eigenvalue weighted by Crippen LogP contribution is 2.61. The maximum Gasteiger partial charge on any atom is 0.257 e. The Kier molecular flexibility index (Phi) is 7.03. The molecule has 7 nitrogen and oxygen atoms in total. The van der Waals surface area contributed by atoms with Gasteiger partial charge in [0.05, 0.1) is 50.2 Å². The predicted octanol–water partition coefficient (Wildman–Crippen LogP) is 2.46. The second-order valence-corrected chi connectivity index (χ2v) is 11.8.